The van der Waals surface area contributed by atoms with E-state index in [1.807, 2.05) is 12.1 Å². The molecule has 1 amide bonds. The van der Waals surface area contributed by atoms with Gasteiger partial charge in [0.15, 0.2) is 9.84 Å². The molecule has 33 heavy (non-hydrogen) atoms. The van der Waals surface area contributed by atoms with E-state index in [0.29, 0.717) is 29.3 Å². The van der Waals surface area contributed by atoms with Gasteiger partial charge in [-0.2, -0.15) is 0 Å². The van der Waals surface area contributed by atoms with Gasteiger partial charge in [-0.15, -0.1) is 0 Å². The van der Waals surface area contributed by atoms with Crippen LogP contribution in [0.2, 0.25) is 0 Å². The van der Waals surface area contributed by atoms with E-state index in [9.17, 15) is 17.6 Å². The Labute approximate surface area is 192 Å². The molecule has 0 spiro atoms. The minimum Gasteiger partial charge on any atom is -0.497 e. The van der Waals surface area contributed by atoms with Crippen molar-refractivity contribution in [3.8, 4) is 17.1 Å². The molecule has 0 saturated carbocycles. The second kappa shape index (κ2) is 9.62. The fourth-order valence-electron chi connectivity index (χ4n) is 3.79. The van der Waals surface area contributed by atoms with Crippen molar-refractivity contribution in [1.29, 1.82) is 0 Å². The standard InChI is InChI=1S/C25H24FNO5S/c1-31-22-9-2-18(3-10-22)4-13-25(28)27(21-14-15-33(29,30)17-21)16-23-11-12-24(32-23)19-5-7-20(26)8-6-19/h2-13,21H,14-17H2,1H3/b13-4+/t21-/m1/s1. The van der Waals surface area contributed by atoms with E-state index < -0.39 is 15.9 Å². The van der Waals surface area contributed by atoms with Crippen LogP contribution in [0.15, 0.2) is 71.2 Å². The highest BCUT2D eigenvalue weighted by molar-refractivity contribution is 7.91. The first kappa shape index (κ1) is 22.8. The highest BCUT2D eigenvalue weighted by Gasteiger charge is 2.34. The van der Waals surface area contributed by atoms with E-state index in [4.69, 9.17) is 9.15 Å². The molecule has 1 aliphatic rings. The molecule has 8 heteroatoms. The molecule has 3 aromatic rings. The van der Waals surface area contributed by atoms with Crippen molar-refractivity contribution < 1.29 is 26.8 Å². The molecule has 2 aromatic carbocycles. The van der Waals surface area contributed by atoms with Gasteiger partial charge >= 0.3 is 0 Å². The fraction of sp³-hybridized carbons (Fsp3) is 0.240. The normalized spacial score (nSPS) is 17.3. The Morgan fingerprint density at radius 1 is 1.12 bits per heavy atom. The highest BCUT2D eigenvalue weighted by atomic mass is 32.2. The first-order chi connectivity index (χ1) is 15.8. The topological polar surface area (TPSA) is 76.8 Å². The Balaban J connectivity index is 1.54. The molecule has 1 fully saturated rings. The van der Waals surface area contributed by atoms with Gasteiger partial charge in [-0.1, -0.05) is 12.1 Å². The smallest absolute Gasteiger partial charge is 0.247 e. The molecule has 4 rings (SSSR count). The van der Waals surface area contributed by atoms with E-state index in [0.717, 1.165) is 5.56 Å². The molecule has 1 aliphatic heterocycles. The summed E-state index contributed by atoms with van der Waals surface area (Å²) in [4.78, 5) is 14.6. The van der Waals surface area contributed by atoms with Crippen molar-refractivity contribution in [2.75, 3.05) is 18.6 Å². The van der Waals surface area contributed by atoms with E-state index >= 15 is 0 Å². The summed E-state index contributed by atoms with van der Waals surface area (Å²) >= 11 is 0. The first-order valence-corrected chi connectivity index (χ1v) is 12.3. The molecular weight excluding hydrogens is 445 g/mol. The van der Waals surface area contributed by atoms with Gasteiger partial charge in [-0.3, -0.25) is 4.79 Å². The lowest BCUT2D eigenvalue weighted by molar-refractivity contribution is -0.128. The second-order valence-corrected chi connectivity index (χ2v) is 10.1. The number of methoxy groups -OCH3 is 1. The summed E-state index contributed by atoms with van der Waals surface area (Å²) in [5, 5.41) is 0. The van der Waals surface area contributed by atoms with Crippen LogP contribution in [0.5, 0.6) is 5.75 Å². The number of furan rings is 1. The Bertz CT molecular complexity index is 1250. The molecule has 1 saturated heterocycles. The van der Waals surface area contributed by atoms with Gasteiger partial charge in [0.2, 0.25) is 5.91 Å². The SMILES string of the molecule is COc1ccc(/C=C/C(=O)N(Cc2ccc(-c3ccc(F)cc3)o2)[C@@H]2CCS(=O)(=O)C2)cc1. The highest BCUT2D eigenvalue weighted by Crippen LogP contribution is 2.26. The molecule has 172 valence electrons. The minimum absolute atomic E-state index is 0.0582. The van der Waals surface area contributed by atoms with Crippen LogP contribution < -0.4 is 4.74 Å². The van der Waals surface area contributed by atoms with Crippen LogP contribution in [-0.2, 0) is 21.2 Å². The van der Waals surface area contributed by atoms with Crippen molar-refractivity contribution in [3.05, 3.63) is 83.9 Å². The van der Waals surface area contributed by atoms with Gasteiger partial charge in [0.05, 0.1) is 25.2 Å². The van der Waals surface area contributed by atoms with Crippen molar-refractivity contribution in [1.82, 2.24) is 4.90 Å². The molecule has 0 radical (unpaired) electrons. The summed E-state index contributed by atoms with van der Waals surface area (Å²) in [7, 11) is -1.60. The van der Waals surface area contributed by atoms with Crippen LogP contribution in [-0.4, -0.2) is 43.9 Å². The zero-order valence-corrected chi connectivity index (χ0v) is 18.9. The Hall–Kier alpha value is -3.39. The number of ether oxygens (including phenoxy) is 1. The van der Waals surface area contributed by atoms with E-state index in [2.05, 4.69) is 0 Å². The Morgan fingerprint density at radius 2 is 1.85 bits per heavy atom. The van der Waals surface area contributed by atoms with Crippen molar-refractivity contribution in [2.45, 2.75) is 19.0 Å². The Morgan fingerprint density at radius 3 is 2.48 bits per heavy atom. The number of hydrogen-bond donors (Lipinski definition) is 0. The zero-order chi connectivity index (χ0) is 23.4. The summed E-state index contributed by atoms with van der Waals surface area (Å²) in [5.41, 5.74) is 1.53. The molecule has 0 N–H and O–H groups in total. The van der Waals surface area contributed by atoms with Gasteiger partial charge < -0.3 is 14.1 Å². The number of benzene rings is 2. The molecular formula is C25H24FNO5S. The molecule has 0 bridgehead atoms. The summed E-state index contributed by atoms with van der Waals surface area (Å²) < 4.78 is 48.3. The molecule has 2 heterocycles. The lowest BCUT2D eigenvalue weighted by Gasteiger charge is -2.26. The van der Waals surface area contributed by atoms with Gasteiger partial charge in [0, 0.05) is 17.7 Å². The largest absolute Gasteiger partial charge is 0.497 e. The maximum Gasteiger partial charge on any atom is 0.247 e. The lowest BCUT2D eigenvalue weighted by atomic mass is 10.1. The van der Waals surface area contributed by atoms with Crippen LogP contribution in [0.4, 0.5) is 4.39 Å². The van der Waals surface area contributed by atoms with Gasteiger partial charge in [-0.25, -0.2) is 12.8 Å². The number of halogens is 1. The third kappa shape index (κ3) is 5.70. The average Bonchev–Trinajstić information content (AvgIpc) is 3.42. The predicted octanol–water partition coefficient (Wildman–Crippen LogP) is 4.32. The van der Waals surface area contributed by atoms with Crippen molar-refractivity contribution >= 4 is 21.8 Å². The van der Waals surface area contributed by atoms with Gasteiger partial charge in [-0.05, 0) is 66.6 Å². The van der Waals surface area contributed by atoms with Gasteiger partial charge in [0.25, 0.3) is 0 Å². The third-order valence-corrected chi connectivity index (χ3v) is 7.33. The summed E-state index contributed by atoms with van der Waals surface area (Å²) in [6.45, 7) is 0.132. The number of hydrogen-bond acceptors (Lipinski definition) is 5. The number of carbonyl (C=O) groups excluding carboxylic acids is 1. The van der Waals surface area contributed by atoms with Crippen LogP contribution in [0.1, 0.15) is 17.7 Å². The number of nitrogens with zero attached hydrogens (tertiary/aromatic N) is 1. The second-order valence-electron chi connectivity index (χ2n) is 7.90. The molecule has 1 aromatic heterocycles. The number of amides is 1. The summed E-state index contributed by atoms with van der Waals surface area (Å²) in [5.74, 6) is 1.13. The number of carbonyl (C=O) groups is 1. The Kier molecular flexibility index (Phi) is 6.65. The van der Waals surface area contributed by atoms with Crippen molar-refractivity contribution in [2.24, 2.45) is 0 Å². The zero-order valence-electron chi connectivity index (χ0n) is 18.1. The molecule has 6 nitrogen and oxygen atoms in total. The first-order valence-electron chi connectivity index (χ1n) is 10.5. The summed E-state index contributed by atoms with van der Waals surface area (Å²) in [6.07, 6.45) is 3.51. The quantitative estimate of drug-likeness (QED) is 0.482. The van der Waals surface area contributed by atoms with Gasteiger partial charge in [0.1, 0.15) is 23.1 Å². The maximum absolute atomic E-state index is 13.2. The van der Waals surface area contributed by atoms with Crippen LogP contribution in [0.3, 0.4) is 0 Å². The monoisotopic (exact) mass is 469 g/mol. The predicted molar refractivity (Wildman–Crippen MR) is 124 cm³/mol. The van der Waals surface area contributed by atoms with Crippen LogP contribution >= 0.6 is 0 Å². The number of sulfone groups is 1. The minimum atomic E-state index is -3.18. The number of rotatable bonds is 7. The fourth-order valence-corrected chi connectivity index (χ4v) is 5.52. The average molecular weight is 470 g/mol. The lowest BCUT2D eigenvalue weighted by Crippen LogP contribution is -2.39. The maximum atomic E-state index is 13.2. The van der Waals surface area contributed by atoms with E-state index in [1.54, 1.807) is 49.6 Å². The molecule has 0 aliphatic carbocycles. The molecule has 1 atom stereocenters. The molecule has 0 unspecified atom stereocenters. The summed E-state index contributed by atoms with van der Waals surface area (Å²) in [6, 6.07) is 16.2. The van der Waals surface area contributed by atoms with Crippen LogP contribution in [0.25, 0.3) is 17.4 Å². The van der Waals surface area contributed by atoms with Crippen molar-refractivity contribution in [3.63, 3.8) is 0 Å². The van der Waals surface area contributed by atoms with E-state index in [1.165, 1.54) is 23.1 Å². The van der Waals surface area contributed by atoms with E-state index in [-0.39, 0.29) is 29.8 Å². The van der Waals surface area contributed by atoms with Crippen LogP contribution in [0, 0.1) is 5.82 Å². The third-order valence-electron chi connectivity index (χ3n) is 5.58.